The second kappa shape index (κ2) is 7.47. The Labute approximate surface area is 178 Å². The number of benzene rings is 3. The average Bonchev–Trinajstić information content (AvgIpc) is 2.86. The molecule has 0 saturated heterocycles. The van der Waals surface area contributed by atoms with Gasteiger partial charge in [0.15, 0.2) is 5.71 Å². The van der Waals surface area contributed by atoms with Crippen molar-refractivity contribution in [1.29, 1.82) is 0 Å². The Hall–Kier alpha value is -2.14. The van der Waals surface area contributed by atoms with Crippen LogP contribution in [0.4, 0.5) is 5.69 Å². The smallest absolute Gasteiger partial charge is 0.210 e. The number of hydrogen-bond acceptors (Lipinski definition) is 1. The maximum Gasteiger partial charge on any atom is 0.210 e. The van der Waals surface area contributed by atoms with Gasteiger partial charge in [-0.25, -0.2) is 0 Å². The molecule has 0 aliphatic carbocycles. The first-order valence-corrected chi connectivity index (χ1v) is 8.98. The Kier molecular flexibility index (Phi) is 5.43. The summed E-state index contributed by atoms with van der Waals surface area (Å²) in [4.78, 5) is 0. The van der Waals surface area contributed by atoms with Gasteiger partial charge in [-0.3, -0.25) is 0 Å². The van der Waals surface area contributed by atoms with E-state index in [0.717, 1.165) is 5.75 Å². The van der Waals surface area contributed by atoms with Crippen molar-refractivity contribution in [2.45, 2.75) is 19.3 Å². The molecule has 1 heterocycles. The van der Waals surface area contributed by atoms with Gasteiger partial charge in [-0.15, -0.1) is 0 Å². The minimum absolute atomic E-state index is 0. The fourth-order valence-corrected chi connectivity index (χ4v) is 4.08. The third kappa shape index (κ3) is 3.29. The van der Waals surface area contributed by atoms with E-state index < -0.39 is 0 Å². The molecule has 1 aliphatic rings. The second-order valence-corrected chi connectivity index (χ2v) is 7.36. The minimum Gasteiger partial charge on any atom is -1.00 e. The third-order valence-electron chi connectivity index (χ3n) is 5.44. The highest BCUT2D eigenvalue weighted by atomic mass is 127. The zero-order valence-electron chi connectivity index (χ0n) is 16.2. The van der Waals surface area contributed by atoms with Gasteiger partial charge in [0.2, 0.25) is 5.69 Å². The molecule has 0 aromatic heterocycles. The van der Waals surface area contributed by atoms with Crippen LogP contribution in [0.1, 0.15) is 25.0 Å². The van der Waals surface area contributed by atoms with Crippen LogP contribution in [0.5, 0.6) is 5.75 Å². The molecule has 0 amide bonds. The molecule has 0 spiro atoms. The van der Waals surface area contributed by atoms with E-state index in [1.54, 1.807) is 7.11 Å². The van der Waals surface area contributed by atoms with Gasteiger partial charge >= 0.3 is 0 Å². The molecule has 1 aliphatic heterocycles. The summed E-state index contributed by atoms with van der Waals surface area (Å²) < 4.78 is 7.56. The van der Waals surface area contributed by atoms with Crippen molar-refractivity contribution >= 4 is 28.2 Å². The molecule has 2 nitrogen and oxygen atoms in total. The van der Waals surface area contributed by atoms with Gasteiger partial charge in [0.1, 0.15) is 12.8 Å². The molecular weight excluding hydrogens is 445 g/mol. The predicted molar refractivity (Wildman–Crippen MR) is 110 cm³/mol. The lowest BCUT2D eigenvalue weighted by molar-refractivity contribution is -0.401. The van der Waals surface area contributed by atoms with E-state index in [2.05, 4.69) is 86.2 Å². The summed E-state index contributed by atoms with van der Waals surface area (Å²) in [5, 5.41) is 2.64. The highest BCUT2D eigenvalue weighted by Crippen LogP contribution is 2.43. The lowest BCUT2D eigenvalue weighted by atomic mass is 9.79. The molecular formula is C24H24INO. The van der Waals surface area contributed by atoms with E-state index in [-0.39, 0.29) is 29.4 Å². The van der Waals surface area contributed by atoms with E-state index in [4.69, 9.17) is 4.74 Å². The largest absolute Gasteiger partial charge is 1.00 e. The quantitative estimate of drug-likeness (QED) is 0.425. The van der Waals surface area contributed by atoms with E-state index in [0.29, 0.717) is 0 Å². The summed E-state index contributed by atoms with van der Waals surface area (Å²) >= 11 is 0. The number of fused-ring (bicyclic) bond motifs is 3. The Morgan fingerprint density at radius 2 is 1.59 bits per heavy atom. The Morgan fingerprint density at radius 3 is 2.30 bits per heavy atom. The van der Waals surface area contributed by atoms with Crippen LogP contribution in [0.25, 0.3) is 16.8 Å². The molecule has 3 aromatic rings. The Morgan fingerprint density at radius 1 is 0.889 bits per heavy atom. The normalized spacial score (nSPS) is 15.1. The summed E-state index contributed by atoms with van der Waals surface area (Å²) in [6.07, 6.45) is 4.43. The molecule has 0 radical (unpaired) electrons. The van der Waals surface area contributed by atoms with Crippen LogP contribution in [0.15, 0.2) is 66.7 Å². The first-order valence-electron chi connectivity index (χ1n) is 8.98. The van der Waals surface area contributed by atoms with Crippen molar-refractivity contribution in [2.75, 3.05) is 14.2 Å². The molecule has 0 unspecified atom stereocenters. The number of rotatable bonds is 3. The van der Waals surface area contributed by atoms with Crippen molar-refractivity contribution in [1.82, 2.24) is 0 Å². The van der Waals surface area contributed by atoms with E-state index in [9.17, 15) is 0 Å². The van der Waals surface area contributed by atoms with E-state index >= 15 is 0 Å². The minimum atomic E-state index is -0.0477. The maximum absolute atomic E-state index is 5.24. The number of allylic oxidation sites excluding steroid dienone is 1. The fraction of sp³-hybridized carbons (Fsp3) is 0.208. The van der Waals surface area contributed by atoms with Crippen LogP contribution in [0, 0.1) is 0 Å². The van der Waals surface area contributed by atoms with Crippen molar-refractivity contribution in [3.63, 3.8) is 0 Å². The topological polar surface area (TPSA) is 12.2 Å². The molecule has 0 atom stereocenters. The maximum atomic E-state index is 5.24. The van der Waals surface area contributed by atoms with E-state index in [1.165, 1.54) is 33.3 Å². The van der Waals surface area contributed by atoms with Crippen molar-refractivity contribution in [3.05, 3.63) is 77.9 Å². The summed E-state index contributed by atoms with van der Waals surface area (Å²) in [6, 6.07) is 21.3. The highest BCUT2D eigenvalue weighted by Gasteiger charge is 2.44. The summed E-state index contributed by atoms with van der Waals surface area (Å²) in [5.41, 5.74) is 5.13. The SMILES string of the molecule is COc1ccc(C=CC2=[N+](C)c3ccc4ccccc4c3C2(C)C)cc1.[I-]. The van der Waals surface area contributed by atoms with Gasteiger partial charge in [0, 0.05) is 17.7 Å². The fourth-order valence-electron chi connectivity index (χ4n) is 4.08. The molecule has 3 aromatic carbocycles. The highest BCUT2D eigenvalue weighted by molar-refractivity contribution is 6.09. The molecule has 0 saturated carbocycles. The van der Waals surface area contributed by atoms with Gasteiger partial charge in [-0.1, -0.05) is 36.4 Å². The van der Waals surface area contributed by atoms with Crippen LogP contribution < -0.4 is 28.7 Å². The van der Waals surface area contributed by atoms with Crippen LogP contribution >= 0.6 is 0 Å². The van der Waals surface area contributed by atoms with Gasteiger partial charge in [0.05, 0.1) is 12.5 Å². The predicted octanol–water partition coefficient (Wildman–Crippen LogP) is 2.57. The number of ether oxygens (including phenoxy) is 1. The summed E-state index contributed by atoms with van der Waals surface area (Å²) in [7, 11) is 3.86. The summed E-state index contributed by atoms with van der Waals surface area (Å²) in [5.74, 6) is 0.881. The molecule has 27 heavy (non-hydrogen) atoms. The molecule has 0 bridgehead atoms. The number of halogens is 1. The monoisotopic (exact) mass is 469 g/mol. The van der Waals surface area contributed by atoms with Crippen molar-refractivity contribution in [2.24, 2.45) is 0 Å². The first-order chi connectivity index (χ1) is 12.5. The number of nitrogens with zero attached hydrogens (tertiary/aromatic N) is 1. The van der Waals surface area contributed by atoms with Gasteiger partial charge < -0.3 is 28.7 Å². The van der Waals surface area contributed by atoms with Gasteiger partial charge in [-0.2, -0.15) is 4.58 Å². The molecule has 138 valence electrons. The second-order valence-electron chi connectivity index (χ2n) is 7.36. The lowest BCUT2D eigenvalue weighted by Crippen LogP contribution is -3.00. The molecule has 3 heteroatoms. The van der Waals surface area contributed by atoms with Crippen LogP contribution in [0.3, 0.4) is 0 Å². The Balaban J connectivity index is 0.00000210. The third-order valence-corrected chi connectivity index (χ3v) is 5.44. The number of methoxy groups -OCH3 is 1. The van der Waals surface area contributed by atoms with Crippen LogP contribution in [-0.2, 0) is 5.41 Å². The molecule has 4 rings (SSSR count). The van der Waals surface area contributed by atoms with Crippen LogP contribution in [-0.4, -0.2) is 24.4 Å². The van der Waals surface area contributed by atoms with Crippen LogP contribution in [0.2, 0.25) is 0 Å². The standard InChI is InChI=1S/C24H24NO.HI/c1-24(2)22(16-11-17-9-13-19(26-4)14-10-17)25(3)21-15-12-18-7-5-6-8-20(18)23(21)24;/h5-16H,1-4H3;1H/q+1;/p-1. The molecule has 0 fully saturated rings. The summed E-state index contributed by atoms with van der Waals surface area (Å²) in [6.45, 7) is 4.63. The van der Waals surface area contributed by atoms with Gasteiger partial charge in [0.25, 0.3) is 0 Å². The first kappa shape index (κ1) is 19.6. The van der Waals surface area contributed by atoms with Gasteiger partial charge in [-0.05, 0) is 54.5 Å². The zero-order valence-corrected chi connectivity index (χ0v) is 18.3. The molecule has 0 N–H and O–H groups in total. The lowest BCUT2D eigenvalue weighted by Gasteiger charge is -2.17. The van der Waals surface area contributed by atoms with E-state index in [1.807, 2.05) is 12.1 Å². The zero-order chi connectivity index (χ0) is 18.3. The van der Waals surface area contributed by atoms with Crippen molar-refractivity contribution < 1.29 is 33.3 Å². The number of hydrogen-bond donors (Lipinski definition) is 0. The average molecular weight is 469 g/mol. The van der Waals surface area contributed by atoms with Crippen molar-refractivity contribution in [3.8, 4) is 5.75 Å². The Bertz CT molecular complexity index is 1050.